The molecule has 0 spiro atoms. The minimum absolute atomic E-state index is 0.199. The van der Waals surface area contributed by atoms with E-state index in [1.165, 1.54) is 0 Å². The van der Waals surface area contributed by atoms with E-state index in [-0.39, 0.29) is 5.69 Å². The number of aromatic nitrogens is 1. The van der Waals surface area contributed by atoms with E-state index in [0.717, 1.165) is 16.5 Å². The van der Waals surface area contributed by atoms with E-state index in [4.69, 9.17) is 10.2 Å². The molecule has 1 amide bonds. The number of pyridine rings is 1. The number of hydrogen-bond acceptors (Lipinski definition) is 5. The molecular weight excluding hydrogens is 406 g/mol. The van der Waals surface area contributed by atoms with Gasteiger partial charge in [0.05, 0.1) is 12.2 Å². The van der Waals surface area contributed by atoms with Gasteiger partial charge in [-0.25, -0.2) is 4.98 Å². The van der Waals surface area contributed by atoms with Crippen LogP contribution in [0.4, 0.5) is 5.69 Å². The van der Waals surface area contributed by atoms with Gasteiger partial charge in [0.15, 0.2) is 5.58 Å². The zero-order chi connectivity index (χ0) is 22.7. The molecule has 2 aromatic carbocycles. The highest BCUT2D eigenvalue weighted by Crippen LogP contribution is 2.31. The topological polar surface area (TPSA) is 118 Å². The van der Waals surface area contributed by atoms with Crippen LogP contribution in [0.3, 0.4) is 0 Å². The van der Waals surface area contributed by atoms with Gasteiger partial charge < -0.3 is 20.6 Å². The van der Waals surface area contributed by atoms with Gasteiger partial charge in [0.2, 0.25) is 0 Å². The molecule has 0 saturated heterocycles. The lowest BCUT2D eigenvalue weighted by atomic mass is 9.95. The quantitative estimate of drug-likeness (QED) is 0.389. The lowest BCUT2D eigenvalue weighted by molar-refractivity contribution is -0.138. The Morgan fingerprint density at radius 2 is 1.94 bits per heavy atom. The summed E-state index contributed by atoms with van der Waals surface area (Å²) in [6, 6.07) is 18.0. The Balaban J connectivity index is 1.74. The molecule has 4 aromatic rings. The van der Waals surface area contributed by atoms with Crippen molar-refractivity contribution in [2.45, 2.75) is 25.8 Å². The first-order valence-corrected chi connectivity index (χ1v) is 10.3. The van der Waals surface area contributed by atoms with Gasteiger partial charge >= 0.3 is 5.97 Å². The zero-order valence-electron chi connectivity index (χ0n) is 17.5. The highest BCUT2D eigenvalue weighted by molar-refractivity contribution is 6.06. The number of nitrogens with two attached hydrogens (primary N) is 1. The number of hydrogen-bond donors (Lipinski definition) is 3. The highest BCUT2D eigenvalue weighted by Gasteiger charge is 2.22. The summed E-state index contributed by atoms with van der Waals surface area (Å²) in [4.78, 5) is 29.4. The largest absolute Gasteiger partial charge is 0.481 e. The standard InChI is InChI=1S/C25H23N3O4/c1-2-18(25(30)31)19-8-3-4-9-20(19)28-24(29)21-13-17-10-11-32-23(17)22(27-21)16-7-5-6-15(12-16)14-26/h3-13,18H,2,14,26H2,1H3,(H,28,29)(H,30,31). The van der Waals surface area contributed by atoms with Gasteiger partial charge in [0.1, 0.15) is 11.4 Å². The van der Waals surface area contributed by atoms with Crippen molar-refractivity contribution in [1.82, 2.24) is 4.98 Å². The van der Waals surface area contributed by atoms with E-state index in [9.17, 15) is 14.7 Å². The molecule has 4 rings (SSSR count). The van der Waals surface area contributed by atoms with Crippen molar-refractivity contribution in [2.24, 2.45) is 5.73 Å². The number of carboxylic acid groups (broad SMARTS) is 1. The summed E-state index contributed by atoms with van der Waals surface area (Å²) in [5, 5.41) is 13.1. The summed E-state index contributed by atoms with van der Waals surface area (Å²) < 4.78 is 5.63. The lowest BCUT2D eigenvalue weighted by Gasteiger charge is -2.16. The predicted octanol–water partition coefficient (Wildman–Crippen LogP) is 4.78. The van der Waals surface area contributed by atoms with Crippen LogP contribution in [0.1, 0.15) is 40.9 Å². The summed E-state index contributed by atoms with van der Waals surface area (Å²) in [6.07, 6.45) is 1.96. The van der Waals surface area contributed by atoms with E-state index in [0.29, 0.717) is 35.5 Å². The van der Waals surface area contributed by atoms with E-state index in [1.54, 1.807) is 49.6 Å². The Hall–Kier alpha value is -3.97. The van der Waals surface area contributed by atoms with Gasteiger partial charge in [0, 0.05) is 23.2 Å². The number of aliphatic carboxylic acids is 1. The molecule has 0 radical (unpaired) electrons. The molecule has 0 aliphatic carbocycles. The molecule has 7 heteroatoms. The van der Waals surface area contributed by atoms with Crippen molar-refractivity contribution in [3.8, 4) is 11.3 Å². The van der Waals surface area contributed by atoms with Crippen LogP contribution in [-0.4, -0.2) is 22.0 Å². The van der Waals surface area contributed by atoms with Crippen molar-refractivity contribution in [2.75, 3.05) is 5.32 Å². The molecule has 1 atom stereocenters. The second-order valence-electron chi connectivity index (χ2n) is 7.44. The molecule has 0 fully saturated rings. The number of amides is 1. The smallest absolute Gasteiger partial charge is 0.311 e. The molecule has 7 nitrogen and oxygen atoms in total. The summed E-state index contributed by atoms with van der Waals surface area (Å²) in [6.45, 7) is 2.18. The third kappa shape index (κ3) is 4.10. The Morgan fingerprint density at radius 3 is 2.69 bits per heavy atom. The number of benzene rings is 2. The molecule has 0 aliphatic heterocycles. The number of rotatable bonds is 7. The SMILES string of the molecule is CCC(C(=O)O)c1ccccc1NC(=O)c1cc2ccoc2c(-c2cccc(CN)c2)n1. The van der Waals surface area contributed by atoms with Gasteiger partial charge in [-0.3, -0.25) is 9.59 Å². The molecule has 32 heavy (non-hydrogen) atoms. The fraction of sp³-hybridized carbons (Fsp3) is 0.160. The number of para-hydroxylation sites is 1. The molecule has 0 saturated carbocycles. The molecule has 0 aliphatic rings. The van der Waals surface area contributed by atoms with E-state index >= 15 is 0 Å². The summed E-state index contributed by atoms with van der Waals surface area (Å²) in [7, 11) is 0. The number of fused-ring (bicyclic) bond motifs is 1. The Morgan fingerprint density at radius 1 is 1.12 bits per heavy atom. The third-order valence-corrected chi connectivity index (χ3v) is 5.39. The van der Waals surface area contributed by atoms with Crippen molar-refractivity contribution in [3.63, 3.8) is 0 Å². The van der Waals surface area contributed by atoms with Crippen LogP contribution >= 0.6 is 0 Å². The molecule has 2 aromatic heterocycles. The first-order chi connectivity index (χ1) is 15.5. The van der Waals surface area contributed by atoms with E-state index in [2.05, 4.69) is 10.3 Å². The average molecular weight is 429 g/mol. The maximum Gasteiger partial charge on any atom is 0.311 e. The van der Waals surface area contributed by atoms with Crippen molar-refractivity contribution in [3.05, 3.63) is 83.7 Å². The van der Waals surface area contributed by atoms with Crippen LogP contribution in [0.2, 0.25) is 0 Å². The van der Waals surface area contributed by atoms with Gasteiger partial charge in [-0.05, 0) is 41.8 Å². The van der Waals surface area contributed by atoms with Crippen LogP contribution in [0, 0.1) is 0 Å². The normalized spacial score (nSPS) is 11.9. The van der Waals surface area contributed by atoms with Crippen molar-refractivity contribution < 1.29 is 19.1 Å². The molecule has 0 bridgehead atoms. The fourth-order valence-corrected chi connectivity index (χ4v) is 3.76. The van der Waals surface area contributed by atoms with Crippen molar-refractivity contribution >= 4 is 28.5 Å². The number of nitrogens with zero attached hydrogens (tertiary/aromatic N) is 1. The van der Waals surface area contributed by atoms with Crippen molar-refractivity contribution in [1.29, 1.82) is 0 Å². The highest BCUT2D eigenvalue weighted by atomic mass is 16.4. The maximum atomic E-state index is 13.1. The van der Waals surface area contributed by atoms with E-state index < -0.39 is 17.8 Å². The number of furan rings is 1. The molecular formula is C25H23N3O4. The minimum Gasteiger partial charge on any atom is -0.481 e. The minimum atomic E-state index is -0.936. The second kappa shape index (κ2) is 9.03. The summed E-state index contributed by atoms with van der Waals surface area (Å²) in [5.74, 6) is -2.09. The number of carboxylic acids is 1. The van der Waals surface area contributed by atoms with E-state index in [1.807, 2.05) is 24.3 Å². The second-order valence-corrected chi connectivity index (χ2v) is 7.44. The number of nitrogens with one attached hydrogen (secondary N) is 1. The molecule has 4 N–H and O–H groups in total. The molecule has 1 unspecified atom stereocenters. The number of anilines is 1. The first-order valence-electron chi connectivity index (χ1n) is 10.3. The monoisotopic (exact) mass is 429 g/mol. The van der Waals surface area contributed by atoms with Gasteiger partial charge in [-0.1, -0.05) is 43.3 Å². The molecule has 2 heterocycles. The van der Waals surface area contributed by atoms with Crippen LogP contribution < -0.4 is 11.1 Å². The first kappa shape index (κ1) is 21.3. The summed E-state index contributed by atoms with van der Waals surface area (Å²) in [5.41, 5.74) is 9.82. The van der Waals surface area contributed by atoms with Gasteiger partial charge in [-0.2, -0.15) is 0 Å². The van der Waals surface area contributed by atoms with Crippen LogP contribution in [0.15, 0.2) is 71.3 Å². The number of carbonyl (C=O) groups is 2. The fourth-order valence-electron chi connectivity index (χ4n) is 3.76. The average Bonchev–Trinajstić information content (AvgIpc) is 3.28. The third-order valence-electron chi connectivity index (χ3n) is 5.39. The predicted molar refractivity (Wildman–Crippen MR) is 122 cm³/mol. The van der Waals surface area contributed by atoms with Gasteiger partial charge in [-0.15, -0.1) is 0 Å². The Bertz CT molecular complexity index is 1300. The summed E-state index contributed by atoms with van der Waals surface area (Å²) >= 11 is 0. The Labute approximate surface area is 184 Å². The lowest BCUT2D eigenvalue weighted by Crippen LogP contribution is -2.18. The van der Waals surface area contributed by atoms with Crippen LogP contribution in [0.25, 0.3) is 22.2 Å². The van der Waals surface area contributed by atoms with Crippen LogP contribution in [-0.2, 0) is 11.3 Å². The van der Waals surface area contributed by atoms with Gasteiger partial charge in [0.25, 0.3) is 5.91 Å². The maximum absolute atomic E-state index is 13.1. The van der Waals surface area contributed by atoms with Crippen LogP contribution in [0.5, 0.6) is 0 Å². The number of carbonyl (C=O) groups excluding carboxylic acids is 1. The molecule has 162 valence electrons. The zero-order valence-corrected chi connectivity index (χ0v) is 17.5. The Kier molecular flexibility index (Phi) is 6.00.